The van der Waals surface area contributed by atoms with Crippen LogP contribution in [0.2, 0.25) is 0 Å². The number of rotatable bonds is 1. The highest BCUT2D eigenvalue weighted by Gasteiger charge is 2.52. The maximum absolute atomic E-state index is 11.6. The molecule has 19 heavy (non-hydrogen) atoms. The Morgan fingerprint density at radius 1 is 1.21 bits per heavy atom. The number of aromatic amines is 1. The zero-order valence-electron chi connectivity index (χ0n) is 10.9. The van der Waals surface area contributed by atoms with E-state index < -0.39 is 0 Å². The summed E-state index contributed by atoms with van der Waals surface area (Å²) in [4.78, 5) is 18.2. The second-order valence-corrected chi connectivity index (χ2v) is 6.79. The summed E-state index contributed by atoms with van der Waals surface area (Å²) in [5.74, 6) is 2.40. The minimum Gasteiger partial charge on any atom is -0.308 e. The van der Waals surface area contributed by atoms with Gasteiger partial charge in [0.1, 0.15) is 6.07 Å². The molecule has 0 aliphatic heterocycles. The fraction of sp³-hybridized carbons (Fsp3) is 0.667. The van der Waals surface area contributed by atoms with E-state index in [1.54, 1.807) is 0 Å². The van der Waals surface area contributed by atoms with E-state index in [1.165, 1.54) is 25.5 Å². The predicted molar refractivity (Wildman–Crippen MR) is 69.4 cm³/mol. The average Bonchev–Trinajstić information content (AvgIpc) is 2.37. The Labute approximate surface area is 111 Å². The molecule has 4 nitrogen and oxygen atoms in total. The zero-order valence-corrected chi connectivity index (χ0v) is 10.9. The molecule has 1 N–H and O–H groups in total. The van der Waals surface area contributed by atoms with Gasteiger partial charge in [-0.15, -0.1) is 0 Å². The van der Waals surface area contributed by atoms with Crippen LogP contribution in [0.1, 0.15) is 49.8 Å². The molecule has 4 aliphatic carbocycles. The summed E-state index contributed by atoms with van der Waals surface area (Å²) in [6, 6.07) is 2.22. The van der Waals surface area contributed by atoms with Crippen molar-refractivity contribution in [1.82, 2.24) is 9.97 Å². The van der Waals surface area contributed by atoms with Crippen molar-refractivity contribution < 1.29 is 0 Å². The molecule has 0 spiro atoms. The lowest BCUT2D eigenvalue weighted by atomic mass is 9.48. The summed E-state index contributed by atoms with van der Waals surface area (Å²) in [5.41, 5.74) is 1.20. The van der Waals surface area contributed by atoms with Gasteiger partial charge >= 0.3 is 5.69 Å². The molecule has 4 bridgehead atoms. The smallest absolute Gasteiger partial charge is 0.308 e. The van der Waals surface area contributed by atoms with E-state index in [1.807, 2.05) is 0 Å². The van der Waals surface area contributed by atoms with E-state index in [0.29, 0.717) is 5.56 Å². The average molecular weight is 255 g/mol. The molecule has 0 unspecified atom stereocenters. The van der Waals surface area contributed by atoms with Gasteiger partial charge < -0.3 is 4.98 Å². The minimum absolute atomic E-state index is 0.0575. The van der Waals surface area contributed by atoms with Gasteiger partial charge in [0, 0.05) is 11.1 Å². The Balaban J connectivity index is 1.86. The lowest BCUT2D eigenvalue weighted by molar-refractivity contribution is -0.00750. The van der Waals surface area contributed by atoms with Crippen molar-refractivity contribution >= 4 is 0 Å². The maximum atomic E-state index is 11.6. The molecule has 4 heteroatoms. The highest BCUT2D eigenvalue weighted by atomic mass is 16.1. The van der Waals surface area contributed by atoms with E-state index in [0.717, 1.165) is 42.7 Å². The fourth-order valence-corrected chi connectivity index (χ4v) is 5.31. The molecule has 1 heterocycles. The molecule has 0 amide bonds. The Hall–Kier alpha value is -1.63. The van der Waals surface area contributed by atoms with Crippen LogP contribution < -0.4 is 5.69 Å². The first-order chi connectivity index (χ1) is 9.18. The Morgan fingerprint density at radius 3 is 2.32 bits per heavy atom. The van der Waals surface area contributed by atoms with Gasteiger partial charge in [-0.2, -0.15) is 5.26 Å². The van der Waals surface area contributed by atoms with Crippen LogP contribution in [-0.2, 0) is 5.41 Å². The van der Waals surface area contributed by atoms with Gasteiger partial charge in [-0.3, -0.25) is 0 Å². The summed E-state index contributed by atoms with van der Waals surface area (Å²) >= 11 is 0. The summed E-state index contributed by atoms with van der Waals surface area (Å²) in [6.45, 7) is 0. The van der Waals surface area contributed by atoms with Crippen LogP contribution in [0.5, 0.6) is 0 Å². The summed E-state index contributed by atoms with van der Waals surface area (Å²) in [7, 11) is 0. The summed E-state index contributed by atoms with van der Waals surface area (Å²) < 4.78 is 0. The maximum Gasteiger partial charge on any atom is 0.345 e. The molecule has 0 aromatic carbocycles. The van der Waals surface area contributed by atoms with Gasteiger partial charge in [0.05, 0.1) is 11.8 Å². The van der Waals surface area contributed by atoms with Gasteiger partial charge in [-0.25, -0.2) is 9.78 Å². The van der Waals surface area contributed by atoms with Crippen molar-refractivity contribution in [3.8, 4) is 6.07 Å². The monoisotopic (exact) mass is 255 g/mol. The molecular formula is C15H17N3O. The number of nitrogens with zero attached hydrogens (tertiary/aromatic N) is 2. The van der Waals surface area contributed by atoms with Gasteiger partial charge in [0.25, 0.3) is 0 Å². The number of nitriles is 1. The number of hydrogen-bond donors (Lipinski definition) is 1. The van der Waals surface area contributed by atoms with Gasteiger partial charge in [0.15, 0.2) is 0 Å². The third-order valence-electron chi connectivity index (χ3n) is 5.50. The van der Waals surface area contributed by atoms with Gasteiger partial charge in [0.2, 0.25) is 0 Å². The van der Waals surface area contributed by atoms with Gasteiger partial charge in [-0.05, 0) is 56.3 Å². The third kappa shape index (κ3) is 1.57. The quantitative estimate of drug-likeness (QED) is 0.835. The van der Waals surface area contributed by atoms with Crippen molar-refractivity contribution in [2.45, 2.75) is 43.9 Å². The minimum atomic E-state index is -0.315. The molecule has 98 valence electrons. The third-order valence-corrected chi connectivity index (χ3v) is 5.50. The lowest BCUT2D eigenvalue weighted by Gasteiger charge is -2.56. The van der Waals surface area contributed by atoms with Crippen LogP contribution in [0, 0.1) is 29.1 Å². The largest absolute Gasteiger partial charge is 0.345 e. The van der Waals surface area contributed by atoms with Crippen LogP contribution >= 0.6 is 0 Å². The molecule has 0 atom stereocenters. The van der Waals surface area contributed by atoms with Crippen molar-refractivity contribution in [3.05, 3.63) is 27.9 Å². The predicted octanol–water partition coefficient (Wildman–Crippen LogP) is 2.11. The lowest BCUT2D eigenvalue weighted by Crippen LogP contribution is -2.49. The number of H-pyrrole nitrogens is 1. The molecular weight excluding hydrogens is 238 g/mol. The van der Waals surface area contributed by atoms with Crippen LogP contribution in [0.3, 0.4) is 0 Å². The topological polar surface area (TPSA) is 69.5 Å². The van der Waals surface area contributed by atoms with Crippen LogP contribution in [0.15, 0.2) is 11.0 Å². The van der Waals surface area contributed by atoms with Crippen molar-refractivity contribution in [1.29, 1.82) is 5.26 Å². The van der Waals surface area contributed by atoms with Crippen molar-refractivity contribution in [2.75, 3.05) is 0 Å². The fourth-order valence-electron chi connectivity index (χ4n) is 5.31. The standard InChI is InChI=1S/C15H17N3O/c16-7-12-8-17-14(19)18-13(12)15-4-9-1-10(5-15)3-11(2-9)6-15/h8-11H,1-6H2,(H,17,18,19). The molecule has 1 aromatic heterocycles. The molecule has 4 aliphatic rings. The first kappa shape index (κ1) is 11.2. The Morgan fingerprint density at radius 2 is 1.79 bits per heavy atom. The van der Waals surface area contributed by atoms with Crippen molar-refractivity contribution in [2.24, 2.45) is 17.8 Å². The van der Waals surface area contributed by atoms with Crippen molar-refractivity contribution in [3.63, 3.8) is 0 Å². The van der Waals surface area contributed by atoms with E-state index in [2.05, 4.69) is 16.0 Å². The van der Waals surface area contributed by atoms with E-state index in [-0.39, 0.29) is 11.1 Å². The molecule has 1 aromatic rings. The second kappa shape index (κ2) is 3.69. The number of hydrogen-bond acceptors (Lipinski definition) is 3. The second-order valence-electron chi connectivity index (χ2n) is 6.79. The number of nitrogens with one attached hydrogen (secondary N) is 1. The Kier molecular flexibility index (Phi) is 2.18. The van der Waals surface area contributed by atoms with Crippen LogP contribution in [0.4, 0.5) is 0 Å². The molecule has 4 fully saturated rings. The SMILES string of the molecule is N#Cc1cnc(=O)[nH]c1C12CC3CC(CC(C3)C1)C2. The molecule has 5 rings (SSSR count). The van der Waals surface area contributed by atoms with E-state index >= 15 is 0 Å². The Bertz CT molecular complexity index is 590. The van der Waals surface area contributed by atoms with Gasteiger partial charge in [-0.1, -0.05) is 0 Å². The van der Waals surface area contributed by atoms with Crippen LogP contribution in [-0.4, -0.2) is 9.97 Å². The van der Waals surface area contributed by atoms with E-state index in [9.17, 15) is 10.1 Å². The molecule has 0 radical (unpaired) electrons. The normalized spacial score (nSPS) is 39.2. The first-order valence-electron chi connectivity index (χ1n) is 7.18. The first-order valence-corrected chi connectivity index (χ1v) is 7.18. The zero-order chi connectivity index (χ0) is 13.0. The summed E-state index contributed by atoms with van der Waals surface area (Å²) in [6.07, 6.45) is 8.96. The highest BCUT2D eigenvalue weighted by Crippen LogP contribution is 2.60. The van der Waals surface area contributed by atoms with Crippen LogP contribution in [0.25, 0.3) is 0 Å². The summed E-state index contributed by atoms with van der Waals surface area (Å²) in [5, 5.41) is 9.30. The highest BCUT2D eigenvalue weighted by molar-refractivity contribution is 5.37. The molecule has 0 saturated heterocycles. The molecule has 4 saturated carbocycles. The number of aromatic nitrogens is 2. The van der Waals surface area contributed by atoms with E-state index in [4.69, 9.17) is 0 Å².